The number of nitrogens with zero attached hydrogens (tertiary/aromatic N) is 1. The zero-order chi connectivity index (χ0) is 12.9. The summed E-state index contributed by atoms with van der Waals surface area (Å²) in [4.78, 5) is 9.04. The fourth-order valence-corrected chi connectivity index (χ4v) is 2.68. The first-order valence-electron chi connectivity index (χ1n) is 6.28. The fraction of sp³-hybridized carbons (Fsp3) is 0.133. The first-order chi connectivity index (χ1) is 9.42. The third-order valence-electron chi connectivity index (χ3n) is 2.80. The number of H-pyrrole nitrogens is 1. The molecule has 0 fully saturated rings. The summed E-state index contributed by atoms with van der Waals surface area (Å²) in [7, 11) is 0. The molecule has 0 amide bonds. The second-order valence-corrected chi connectivity index (χ2v) is 5.36. The number of para-hydroxylation sites is 2. The number of imidazole rings is 1. The maximum absolute atomic E-state index is 4.48. The zero-order valence-electron chi connectivity index (χ0n) is 10.5. The molecule has 0 aliphatic carbocycles. The Bertz CT molecular complexity index is 616. The number of aromatic amines is 1. The highest BCUT2D eigenvalue weighted by atomic mass is 32.2. The Morgan fingerprint density at radius 2 is 1.79 bits per heavy atom. The number of anilines is 1. The Morgan fingerprint density at radius 1 is 1.00 bits per heavy atom. The number of benzene rings is 2. The number of hydrogen-bond acceptors (Lipinski definition) is 3. The standard InChI is InChI=1S/C15H15N3S/c1-2-6-12(7-3-1)19-11-10-16-15-17-13-8-4-5-9-14(13)18-15/h1-9H,10-11H2,(H2,16,17,18). The summed E-state index contributed by atoms with van der Waals surface area (Å²) in [6.07, 6.45) is 0. The van der Waals surface area contributed by atoms with Crippen LogP contribution in [0.1, 0.15) is 0 Å². The van der Waals surface area contributed by atoms with Crippen molar-refractivity contribution in [2.75, 3.05) is 17.6 Å². The van der Waals surface area contributed by atoms with Crippen molar-refractivity contribution in [2.45, 2.75) is 4.90 Å². The minimum Gasteiger partial charge on any atom is -0.355 e. The molecule has 0 aliphatic rings. The summed E-state index contributed by atoms with van der Waals surface area (Å²) >= 11 is 1.84. The summed E-state index contributed by atoms with van der Waals surface area (Å²) in [5.41, 5.74) is 2.07. The Morgan fingerprint density at radius 3 is 2.63 bits per heavy atom. The second-order valence-electron chi connectivity index (χ2n) is 4.19. The van der Waals surface area contributed by atoms with E-state index in [1.165, 1.54) is 4.90 Å². The molecule has 2 N–H and O–H groups in total. The molecule has 0 saturated heterocycles. The average molecular weight is 269 g/mol. The van der Waals surface area contributed by atoms with Crippen LogP contribution < -0.4 is 5.32 Å². The normalized spacial score (nSPS) is 10.7. The van der Waals surface area contributed by atoms with E-state index in [1.807, 2.05) is 42.1 Å². The number of fused-ring (bicyclic) bond motifs is 1. The van der Waals surface area contributed by atoms with Crippen LogP contribution in [0.4, 0.5) is 5.95 Å². The molecule has 0 bridgehead atoms. The van der Waals surface area contributed by atoms with Gasteiger partial charge in [-0.15, -0.1) is 11.8 Å². The van der Waals surface area contributed by atoms with Crippen molar-refractivity contribution in [1.82, 2.24) is 9.97 Å². The fourth-order valence-electron chi connectivity index (χ4n) is 1.89. The van der Waals surface area contributed by atoms with Crippen molar-refractivity contribution in [1.29, 1.82) is 0 Å². The van der Waals surface area contributed by atoms with Gasteiger partial charge >= 0.3 is 0 Å². The molecule has 0 spiro atoms. The van der Waals surface area contributed by atoms with E-state index in [0.29, 0.717) is 0 Å². The number of hydrogen-bond donors (Lipinski definition) is 2. The van der Waals surface area contributed by atoms with Crippen LogP contribution in [0, 0.1) is 0 Å². The van der Waals surface area contributed by atoms with Gasteiger partial charge in [-0.3, -0.25) is 0 Å². The predicted molar refractivity (Wildman–Crippen MR) is 81.7 cm³/mol. The van der Waals surface area contributed by atoms with E-state index in [2.05, 4.69) is 39.6 Å². The number of rotatable bonds is 5. The third kappa shape index (κ3) is 3.09. The van der Waals surface area contributed by atoms with Gasteiger partial charge in [0, 0.05) is 17.2 Å². The summed E-state index contributed by atoms with van der Waals surface area (Å²) in [5, 5.41) is 3.32. The first kappa shape index (κ1) is 12.1. The van der Waals surface area contributed by atoms with Gasteiger partial charge in [0.15, 0.2) is 0 Å². The van der Waals surface area contributed by atoms with E-state index < -0.39 is 0 Å². The van der Waals surface area contributed by atoms with E-state index in [0.717, 1.165) is 29.3 Å². The van der Waals surface area contributed by atoms with Crippen molar-refractivity contribution >= 4 is 28.7 Å². The summed E-state index contributed by atoms with van der Waals surface area (Å²) in [6, 6.07) is 18.5. The lowest BCUT2D eigenvalue weighted by molar-refractivity contribution is 1.15. The van der Waals surface area contributed by atoms with E-state index in [-0.39, 0.29) is 0 Å². The van der Waals surface area contributed by atoms with Crippen LogP contribution in [0.5, 0.6) is 0 Å². The number of thioether (sulfide) groups is 1. The van der Waals surface area contributed by atoms with Crippen LogP contribution in [0.25, 0.3) is 11.0 Å². The molecule has 1 aromatic heterocycles. The molecule has 0 atom stereocenters. The number of aromatic nitrogens is 2. The van der Waals surface area contributed by atoms with Crippen LogP contribution in [-0.4, -0.2) is 22.3 Å². The molecule has 3 nitrogen and oxygen atoms in total. The van der Waals surface area contributed by atoms with E-state index in [1.54, 1.807) is 0 Å². The second kappa shape index (κ2) is 5.80. The lowest BCUT2D eigenvalue weighted by Crippen LogP contribution is -2.05. The zero-order valence-corrected chi connectivity index (χ0v) is 11.3. The molecule has 3 rings (SSSR count). The monoisotopic (exact) mass is 269 g/mol. The first-order valence-corrected chi connectivity index (χ1v) is 7.27. The molecule has 19 heavy (non-hydrogen) atoms. The molecular weight excluding hydrogens is 254 g/mol. The molecule has 0 unspecified atom stereocenters. The maximum atomic E-state index is 4.48. The Balaban J connectivity index is 1.52. The van der Waals surface area contributed by atoms with Crippen LogP contribution in [-0.2, 0) is 0 Å². The van der Waals surface area contributed by atoms with Gasteiger partial charge in [0.05, 0.1) is 11.0 Å². The summed E-state index contributed by atoms with van der Waals surface area (Å²) in [5.74, 6) is 1.86. The van der Waals surface area contributed by atoms with Crippen LogP contribution in [0.15, 0.2) is 59.5 Å². The summed E-state index contributed by atoms with van der Waals surface area (Å²) < 4.78 is 0. The molecular formula is C15H15N3S. The molecule has 4 heteroatoms. The van der Waals surface area contributed by atoms with Crippen LogP contribution >= 0.6 is 11.8 Å². The molecule has 3 aromatic rings. The molecule has 2 aromatic carbocycles. The van der Waals surface area contributed by atoms with Crippen molar-refractivity contribution < 1.29 is 0 Å². The van der Waals surface area contributed by atoms with Gasteiger partial charge in [0.1, 0.15) is 0 Å². The molecule has 0 saturated carbocycles. The molecule has 96 valence electrons. The average Bonchev–Trinajstić information content (AvgIpc) is 2.87. The van der Waals surface area contributed by atoms with Crippen LogP contribution in [0.2, 0.25) is 0 Å². The van der Waals surface area contributed by atoms with Gasteiger partial charge in [-0.2, -0.15) is 0 Å². The largest absolute Gasteiger partial charge is 0.355 e. The predicted octanol–water partition coefficient (Wildman–Crippen LogP) is 3.77. The van der Waals surface area contributed by atoms with Crippen molar-refractivity contribution in [3.8, 4) is 0 Å². The van der Waals surface area contributed by atoms with Crippen molar-refractivity contribution in [3.05, 3.63) is 54.6 Å². The van der Waals surface area contributed by atoms with Gasteiger partial charge in [0.25, 0.3) is 0 Å². The molecule has 0 aliphatic heterocycles. The highest BCUT2D eigenvalue weighted by molar-refractivity contribution is 7.99. The quantitative estimate of drug-likeness (QED) is 0.547. The highest BCUT2D eigenvalue weighted by Gasteiger charge is 2.00. The van der Waals surface area contributed by atoms with E-state index >= 15 is 0 Å². The van der Waals surface area contributed by atoms with Crippen molar-refractivity contribution in [2.24, 2.45) is 0 Å². The lowest BCUT2D eigenvalue weighted by atomic mass is 10.3. The van der Waals surface area contributed by atoms with Gasteiger partial charge in [-0.1, -0.05) is 30.3 Å². The summed E-state index contributed by atoms with van der Waals surface area (Å²) in [6.45, 7) is 0.888. The van der Waals surface area contributed by atoms with Crippen molar-refractivity contribution in [3.63, 3.8) is 0 Å². The van der Waals surface area contributed by atoms with Crippen LogP contribution in [0.3, 0.4) is 0 Å². The molecule has 0 radical (unpaired) electrons. The van der Waals surface area contributed by atoms with E-state index in [4.69, 9.17) is 0 Å². The SMILES string of the molecule is c1ccc(SCCNc2nc3ccccc3[nH]2)cc1. The highest BCUT2D eigenvalue weighted by Crippen LogP contribution is 2.17. The topological polar surface area (TPSA) is 40.7 Å². The van der Waals surface area contributed by atoms with Gasteiger partial charge < -0.3 is 10.3 Å². The van der Waals surface area contributed by atoms with Gasteiger partial charge in [-0.05, 0) is 24.3 Å². The minimum atomic E-state index is 0.842. The maximum Gasteiger partial charge on any atom is 0.201 e. The minimum absolute atomic E-state index is 0.842. The smallest absolute Gasteiger partial charge is 0.201 e. The van der Waals surface area contributed by atoms with Gasteiger partial charge in [0.2, 0.25) is 5.95 Å². The lowest BCUT2D eigenvalue weighted by Gasteiger charge is -2.02. The number of nitrogens with one attached hydrogen (secondary N) is 2. The third-order valence-corrected chi connectivity index (χ3v) is 3.81. The van der Waals surface area contributed by atoms with Gasteiger partial charge in [-0.25, -0.2) is 4.98 Å². The van der Waals surface area contributed by atoms with E-state index in [9.17, 15) is 0 Å². The Hall–Kier alpha value is -1.94. The molecule has 1 heterocycles. The Labute approximate surface area is 116 Å². The Kier molecular flexibility index (Phi) is 3.70.